The third-order valence-electron chi connectivity index (χ3n) is 5.93. The van der Waals surface area contributed by atoms with Gasteiger partial charge in [0, 0.05) is 11.6 Å². The van der Waals surface area contributed by atoms with Crippen LogP contribution >= 0.6 is 11.6 Å². The van der Waals surface area contributed by atoms with Gasteiger partial charge in [0.15, 0.2) is 11.0 Å². The van der Waals surface area contributed by atoms with Gasteiger partial charge in [0.25, 0.3) is 0 Å². The molecule has 0 radical (unpaired) electrons. The summed E-state index contributed by atoms with van der Waals surface area (Å²) in [7, 11) is 1.37. The second-order valence-corrected chi connectivity index (χ2v) is 8.67. The first-order chi connectivity index (χ1) is 16.6. The standard InChI is InChI=1S/C25H22ClF3O6/c1-13-9-14(3-6-20(13)34-8-7-33-16-10-15(11-16)24(31)32-2)21-12-19(30)17-4-5-18(25(27,28)29)22(26)23(17)35-21/h3-6,9,12,15-16H,7-8,10-11H2,1-2H3. The molecular weight excluding hydrogens is 489 g/mol. The molecule has 0 atom stereocenters. The molecule has 35 heavy (non-hydrogen) atoms. The average Bonchev–Trinajstić information content (AvgIpc) is 2.77. The SMILES string of the molecule is COC(=O)C1CC(OCCOc2ccc(-c3cc(=O)c4ccc(C(F)(F)F)c(Cl)c4o3)cc2C)C1. The van der Waals surface area contributed by atoms with Gasteiger partial charge in [-0.3, -0.25) is 9.59 Å². The molecular formula is C25H22ClF3O6. The summed E-state index contributed by atoms with van der Waals surface area (Å²) < 4.78 is 61.4. The second kappa shape index (κ2) is 9.91. The van der Waals surface area contributed by atoms with E-state index >= 15 is 0 Å². The van der Waals surface area contributed by atoms with Crippen LogP contribution in [0.1, 0.15) is 24.0 Å². The first kappa shape index (κ1) is 25.1. The van der Waals surface area contributed by atoms with Crippen molar-refractivity contribution < 1.29 is 36.6 Å². The van der Waals surface area contributed by atoms with E-state index in [0.717, 1.165) is 17.7 Å². The molecule has 0 unspecified atom stereocenters. The first-order valence-corrected chi connectivity index (χ1v) is 11.2. The molecule has 1 fully saturated rings. The van der Waals surface area contributed by atoms with Crippen LogP contribution in [0, 0.1) is 12.8 Å². The summed E-state index contributed by atoms with van der Waals surface area (Å²) in [6.07, 6.45) is -3.41. The van der Waals surface area contributed by atoms with Gasteiger partial charge in [0.05, 0.1) is 41.7 Å². The van der Waals surface area contributed by atoms with E-state index in [4.69, 9.17) is 30.2 Å². The van der Waals surface area contributed by atoms with Crippen LogP contribution < -0.4 is 10.2 Å². The number of methoxy groups -OCH3 is 1. The monoisotopic (exact) mass is 510 g/mol. The molecule has 6 nitrogen and oxygen atoms in total. The molecule has 0 bridgehead atoms. The number of benzene rings is 2. The number of halogens is 4. The van der Waals surface area contributed by atoms with Crippen molar-refractivity contribution in [2.75, 3.05) is 20.3 Å². The molecule has 0 amide bonds. The maximum absolute atomic E-state index is 13.2. The van der Waals surface area contributed by atoms with E-state index in [1.54, 1.807) is 25.1 Å². The van der Waals surface area contributed by atoms with Crippen molar-refractivity contribution in [3.63, 3.8) is 0 Å². The first-order valence-electron chi connectivity index (χ1n) is 10.8. The van der Waals surface area contributed by atoms with Gasteiger partial charge in [-0.05, 0) is 55.7 Å². The van der Waals surface area contributed by atoms with Gasteiger partial charge in [-0.25, -0.2) is 0 Å². The maximum atomic E-state index is 13.2. The Morgan fingerprint density at radius 3 is 2.54 bits per heavy atom. The molecule has 3 aromatic rings. The van der Waals surface area contributed by atoms with Gasteiger partial charge in [0.2, 0.25) is 0 Å². The minimum absolute atomic E-state index is 0.00617. The highest BCUT2D eigenvalue weighted by atomic mass is 35.5. The Morgan fingerprint density at radius 1 is 1.14 bits per heavy atom. The lowest BCUT2D eigenvalue weighted by molar-refractivity contribution is -0.155. The Hall–Kier alpha value is -3.04. The molecule has 4 rings (SSSR count). The summed E-state index contributed by atoms with van der Waals surface area (Å²) in [6.45, 7) is 2.43. The third kappa shape index (κ3) is 5.31. The second-order valence-electron chi connectivity index (χ2n) is 8.29. The highest BCUT2D eigenvalue weighted by molar-refractivity contribution is 6.35. The van der Waals surface area contributed by atoms with Crippen LogP contribution in [0.2, 0.25) is 5.02 Å². The number of hydrogen-bond donors (Lipinski definition) is 0. The van der Waals surface area contributed by atoms with Crippen LogP contribution in [0.3, 0.4) is 0 Å². The van der Waals surface area contributed by atoms with Crippen LogP contribution in [0.5, 0.6) is 5.75 Å². The fourth-order valence-electron chi connectivity index (χ4n) is 3.94. The quantitative estimate of drug-likeness (QED) is 0.296. The van der Waals surface area contributed by atoms with E-state index in [0.29, 0.717) is 37.4 Å². The third-order valence-corrected chi connectivity index (χ3v) is 6.30. The predicted molar refractivity (Wildman–Crippen MR) is 123 cm³/mol. The normalized spacial score (nSPS) is 17.8. The van der Waals surface area contributed by atoms with Crippen molar-refractivity contribution in [3.05, 3.63) is 62.8 Å². The number of fused-ring (bicyclic) bond motifs is 1. The van der Waals surface area contributed by atoms with E-state index in [2.05, 4.69) is 0 Å². The lowest BCUT2D eigenvalue weighted by Crippen LogP contribution is -2.37. The van der Waals surface area contributed by atoms with Crippen LogP contribution in [0.4, 0.5) is 13.2 Å². The fraction of sp³-hybridized carbons (Fsp3) is 0.360. The van der Waals surface area contributed by atoms with Crippen molar-refractivity contribution in [2.45, 2.75) is 32.0 Å². The van der Waals surface area contributed by atoms with Crippen LogP contribution in [0.15, 0.2) is 45.6 Å². The molecule has 1 aliphatic carbocycles. The Balaban J connectivity index is 1.44. The summed E-state index contributed by atoms with van der Waals surface area (Å²) in [6, 6.07) is 8.07. The fourth-order valence-corrected chi connectivity index (χ4v) is 4.25. The molecule has 0 aliphatic heterocycles. The zero-order valence-electron chi connectivity index (χ0n) is 18.9. The Kier molecular flexibility index (Phi) is 7.10. The Labute approximate surface area is 203 Å². The zero-order valence-corrected chi connectivity index (χ0v) is 19.7. The number of esters is 1. The van der Waals surface area contributed by atoms with Crippen LogP contribution in [-0.4, -0.2) is 32.4 Å². The number of carbonyl (C=O) groups is 1. The van der Waals surface area contributed by atoms with Crippen molar-refractivity contribution >= 4 is 28.5 Å². The number of rotatable bonds is 7. The summed E-state index contributed by atoms with van der Waals surface area (Å²) in [4.78, 5) is 23.9. The Bertz CT molecular complexity index is 1310. The predicted octanol–water partition coefficient (Wildman–Crippen LogP) is 5.79. The molecule has 1 saturated carbocycles. The molecule has 10 heteroatoms. The summed E-state index contributed by atoms with van der Waals surface area (Å²) in [5.41, 5.74) is -0.671. The molecule has 1 aromatic heterocycles. The summed E-state index contributed by atoms with van der Waals surface area (Å²) >= 11 is 5.95. The summed E-state index contributed by atoms with van der Waals surface area (Å²) in [5.74, 6) is 0.346. The minimum Gasteiger partial charge on any atom is -0.491 e. The van der Waals surface area contributed by atoms with Crippen LogP contribution in [0.25, 0.3) is 22.3 Å². The summed E-state index contributed by atoms with van der Waals surface area (Å²) in [5, 5.41) is -0.692. The minimum atomic E-state index is -4.68. The van der Waals surface area contributed by atoms with E-state index < -0.39 is 22.2 Å². The van der Waals surface area contributed by atoms with Gasteiger partial charge >= 0.3 is 12.1 Å². The topological polar surface area (TPSA) is 75.0 Å². The van der Waals surface area contributed by atoms with E-state index in [1.165, 1.54) is 13.2 Å². The number of hydrogen-bond acceptors (Lipinski definition) is 6. The zero-order chi connectivity index (χ0) is 25.3. The van der Waals surface area contributed by atoms with Gasteiger partial charge in [-0.2, -0.15) is 13.2 Å². The van der Waals surface area contributed by atoms with Gasteiger partial charge < -0.3 is 18.6 Å². The Morgan fingerprint density at radius 2 is 1.89 bits per heavy atom. The van der Waals surface area contributed by atoms with Crippen LogP contribution in [-0.2, 0) is 20.4 Å². The number of alkyl halides is 3. The molecule has 2 aromatic carbocycles. The van der Waals surface area contributed by atoms with E-state index in [1.807, 2.05) is 0 Å². The highest BCUT2D eigenvalue weighted by Gasteiger charge is 2.36. The number of carbonyl (C=O) groups excluding carboxylic acids is 1. The molecule has 1 heterocycles. The molecule has 0 saturated heterocycles. The highest BCUT2D eigenvalue weighted by Crippen LogP contribution is 2.39. The van der Waals surface area contributed by atoms with E-state index in [9.17, 15) is 22.8 Å². The largest absolute Gasteiger partial charge is 0.491 e. The van der Waals surface area contributed by atoms with Gasteiger partial charge in [-0.15, -0.1) is 0 Å². The molecule has 1 aliphatic rings. The van der Waals surface area contributed by atoms with Crippen molar-refractivity contribution in [1.29, 1.82) is 0 Å². The van der Waals surface area contributed by atoms with Crippen molar-refractivity contribution in [1.82, 2.24) is 0 Å². The van der Waals surface area contributed by atoms with Gasteiger partial charge in [-0.1, -0.05) is 11.6 Å². The molecule has 0 spiro atoms. The lowest BCUT2D eigenvalue weighted by atomic mass is 9.82. The molecule has 186 valence electrons. The van der Waals surface area contributed by atoms with Gasteiger partial charge in [0.1, 0.15) is 18.1 Å². The van der Waals surface area contributed by atoms with Crippen molar-refractivity contribution in [3.8, 4) is 17.1 Å². The number of aryl methyl sites for hydroxylation is 1. The van der Waals surface area contributed by atoms with Crippen molar-refractivity contribution in [2.24, 2.45) is 5.92 Å². The molecule has 0 N–H and O–H groups in total. The average molecular weight is 511 g/mol. The maximum Gasteiger partial charge on any atom is 0.417 e. The lowest BCUT2D eigenvalue weighted by Gasteiger charge is -2.32. The van der Waals surface area contributed by atoms with E-state index in [-0.39, 0.29) is 34.7 Å². The smallest absolute Gasteiger partial charge is 0.417 e. The number of ether oxygens (including phenoxy) is 3.